The number of methoxy groups -OCH3 is 1. The SMILES string of the molecule is COc1ccc2c(c1)C=C(/C=C/C#CC1/C=C\C/C(N(C)C)=N\C([N+](=O)[O-])=C/1)C2. The second-order valence-corrected chi connectivity index (χ2v) is 6.95. The monoisotopic (exact) mass is 389 g/mol. The molecule has 2 aliphatic rings. The highest BCUT2D eigenvalue weighted by molar-refractivity contribution is 5.84. The molecule has 1 aliphatic heterocycles. The minimum Gasteiger partial charge on any atom is -0.497 e. The minimum absolute atomic E-state index is 0.177. The van der Waals surface area contributed by atoms with E-state index in [9.17, 15) is 10.1 Å². The fourth-order valence-electron chi connectivity index (χ4n) is 3.09. The lowest BCUT2D eigenvalue weighted by Crippen LogP contribution is -2.22. The predicted octanol–water partition coefficient (Wildman–Crippen LogP) is 3.85. The number of amidine groups is 1. The van der Waals surface area contributed by atoms with Crippen LogP contribution >= 0.6 is 0 Å². The van der Waals surface area contributed by atoms with Gasteiger partial charge in [-0.15, -0.1) is 0 Å². The van der Waals surface area contributed by atoms with E-state index in [1.165, 1.54) is 11.6 Å². The summed E-state index contributed by atoms with van der Waals surface area (Å²) in [6.45, 7) is 0. The van der Waals surface area contributed by atoms with Crippen LogP contribution in [0.2, 0.25) is 0 Å². The van der Waals surface area contributed by atoms with Crippen LogP contribution in [0, 0.1) is 27.9 Å². The molecule has 0 aromatic heterocycles. The smallest absolute Gasteiger partial charge is 0.362 e. The van der Waals surface area contributed by atoms with Crippen molar-refractivity contribution in [2.45, 2.75) is 12.8 Å². The van der Waals surface area contributed by atoms with Crippen molar-refractivity contribution in [2.75, 3.05) is 21.2 Å². The Kier molecular flexibility index (Phi) is 6.30. The van der Waals surface area contributed by atoms with E-state index in [-0.39, 0.29) is 11.7 Å². The van der Waals surface area contributed by atoms with Gasteiger partial charge in [0.15, 0.2) is 0 Å². The Hall–Kier alpha value is -3.59. The Morgan fingerprint density at radius 3 is 2.93 bits per heavy atom. The molecule has 0 saturated carbocycles. The van der Waals surface area contributed by atoms with Crippen LogP contribution in [0.1, 0.15) is 17.5 Å². The van der Waals surface area contributed by atoms with Crippen LogP contribution in [-0.4, -0.2) is 36.9 Å². The lowest BCUT2D eigenvalue weighted by Gasteiger charge is -2.11. The molecule has 0 saturated heterocycles. The molecule has 0 fully saturated rings. The molecule has 3 rings (SSSR count). The molecule has 148 valence electrons. The summed E-state index contributed by atoms with van der Waals surface area (Å²) in [6.07, 6.45) is 12.6. The van der Waals surface area contributed by atoms with Crippen LogP contribution in [-0.2, 0) is 6.42 Å². The average Bonchev–Trinajstić information content (AvgIpc) is 3.07. The molecule has 0 amide bonds. The normalized spacial score (nSPS) is 22.6. The van der Waals surface area contributed by atoms with Crippen molar-refractivity contribution in [3.05, 3.63) is 81.2 Å². The topological polar surface area (TPSA) is 68.0 Å². The maximum absolute atomic E-state index is 11.3. The maximum atomic E-state index is 11.3. The Balaban J connectivity index is 1.72. The van der Waals surface area contributed by atoms with Gasteiger partial charge in [0.05, 0.1) is 13.0 Å². The zero-order valence-corrected chi connectivity index (χ0v) is 16.8. The minimum atomic E-state index is -0.470. The molecule has 29 heavy (non-hydrogen) atoms. The fourth-order valence-corrected chi connectivity index (χ4v) is 3.09. The number of nitro groups is 1. The van der Waals surface area contributed by atoms with Gasteiger partial charge >= 0.3 is 5.82 Å². The number of hydrogen-bond donors (Lipinski definition) is 0. The largest absolute Gasteiger partial charge is 0.497 e. The molecule has 0 N–H and O–H groups in total. The van der Waals surface area contributed by atoms with Crippen molar-refractivity contribution < 1.29 is 9.66 Å². The quantitative estimate of drug-likeness (QED) is 0.341. The van der Waals surface area contributed by atoms with Crippen LogP contribution < -0.4 is 4.74 Å². The molecule has 1 heterocycles. The van der Waals surface area contributed by atoms with Crippen molar-refractivity contribution >= 4 is 11.9 Å². The van der Waals surface area contributed by atoms with Gasteiger partial charge in [-0.05, 0) is 51.2 Å². The lowest BCUT2D eigenvalue weighted by atomic mass is 10.1. The summed E-state index contributed by atoms with van der Waals surface area (Å²) in [5.41, 5.74) is 3.58. The van der Waals surface area contributed by atoms with E-state index in [0.29, 0.717) is 12.3 Å². The zero-order chi connectivity index (χ0) is 20.8. The number of hydrogen-bond acceptors (Lipinski definition) is 5. The first-order valence-electron chi connectivity index (χ1n) is 9.29. The van der Waals surface area contributed by atoms with Gasteiger partial charge < -0.3 is 19.8 Å². The third-order valence-corrected chi connectivity index (χ3v) is 4.64. The van der Waals surface area contributed by atoms with Crippen LogP contribution in [0.5, 0.6) is 5.75 Å². The number of fused-ring (bicyclic) bond motifs is 1. The van der Waals surface area contributed by atoms with Gasteiger partial charge in [0.2, 0.25) is 5.84 Å². The van der Waals surface area contributed by atoms with Gasteiger partial charge in [0.1, 0.15) is 5.75 Å². The number of ether oxygens (including phenoxy) is 1. The van der Waals surface area contributed by atoms with Crippen molar-refractivity contribution in [3.8, 4) is 17.6 Å². The molecule has 1 aliphatic carbocycles. The van der Waals surface area contributed by atoms with Crippen LogP contribution in [0.25, 0.3) is 6.08 Å². The Morgan fingerprint density at radius 2 is 2.21 bits per heavy atom. The summed E-state index contributed by atoms with van der Waals surface area (Å²) in [5.74, 6) is 7.00. The summed E-state index contributed by atoms with van der Waals surface area (Å²) in [6, 6.07) is 6.06. The zero-order valence-electron chi connectivity index (χ0n) is 16.8. The Labute approximate surface area is 170 Å². The summed E-state index contributed by atoms with van der Waals surface area (Å²) in [7, 11) is 5.30. The molecule has 0 radical (unpaired) electrons. The molecule has 0 spiro atoms. The highest BCUT2D eigenvalue weighted by Gasteiger charge is 2.18. The number of nitrogens with zero attached hydrogens (tertiary/aromatic N) is 3. The summed E-state index contributed by atoms with van der Waals surface area (Å²) < 4.78 is 5.26. The molecule has 0 bridgehead atoms. The first-order valence-corrected chi connectivity index (χ1v) is 9.29. The third-order valence-electron chi connectivity index (χ3n) is 4.64. The Morgan fingerprint density at radius 1 is 1.38 bits per heavy atom. The first-order chi connectivity index (χ1) is 14.0. The van der Waals surface area contributed by atoms with Crippen molar-refractivity contribution in [1.82, 2.24) is 4.90 Å². The van der Waals surface area contributed by atoms with E-state index in [0.717, 1.165) is 23.3 Å². The van der Waals surface area contributed by atoms with E-state index >= 15 is 0 Å². The van der Waals surface area contributed by atoms with Crippen molar-refractivity contribution in [2.24, 2.45) is 10.9 Å². The Bertz CT molecular complexity index is 1020. The second kappa shape index (κ2) is 9.07. The second-order valence-electron chi connectivity index (χ2n) is 6.95. The van der Waals surface area contributed by atoms with Crippen LogP contribution in [0.3, 0.4) is 0 Å². The van der Waals surface area contributed by atoms with Crippen LogP contribution in [0.4, 0.5) is 0 Å². The lowest BCUT2D eigenvalue weighted by molar-refractivity contribution is -0.426. The van der Waals surface area contributed by atoms with Crippen molar-refractivity contribution in [1.29, 1.82) is 0 Å². The molecule has 1 aromatic carbocycles. The molecular formula is C23H23N3O3. The average molecular weight is 389 g/mol. The summed E-state index contributed by atoms with van der Waals surface area (Å²) in [4.78, 5) is 16.8. The molecule has 6 heteroatoms. The van der Waals surface area contributed by atoms with Gasteiger partial charge in [-0.25, -0.2) is 0 Å². The highest BCUT2D eigenvalue weighted by atomic mass is 16.6. The third kappa shape index (κ3) is 5.23. The molecule has 1 atom stereocenters. The van der Waals surface area contributed by atoms with Crippen LogP contribution in [0.15, 0.2) is 65.0 Å². The van der Waals surface area contributed by atoms with E-state index in [4.69, 9.17) is 4.74 Å². The van der Waals surface area contributed by atoms with E-state index in [1.807, 2.05) is 44.5 Å². The number of allylic oxidation sites excluding steroid dienone is 5. The summed E-state index contributed by atoms with van der Waals surface area (Å²) >= 11 is 0. The fraction of sp³-hybridized carbons (Fsp3) is 0.261. The molecule has 1 unspecified atom stereocenters. The van der Waals surface area contributed by atoms with Gasteiger partial charge in [-0.2, -0.15) is 0 Å². The molecule has 1 aromatic rings. The van der Waals surface area contributed by atoms with E-state index in [1.54, 1.807) is 18.1 Å². The molecule has 6 nitrogen and oxygen atoms in total. The van der Waals surface area contributed by atoms with Gasteiger partial charge in [-0.1, -0.05) is 42.2 Å². The summed E-state index contributed by atoms with van der Waals surface area (Å²) in [5, 5.41) is 11.3. The van der Waals surface area contributed by atoms with E-state index < -0.39 is 4.92 Å². The first kappa shape index (κ1) is 20.2. The molecular weight excluding hydrogens is 366 g/mol. The number of aliphatic imine (C=N–C) groups is 1. The van der Waals surface area contributed by atoms with Gasteiger partial charge in [-0.3, -0.25) is 0 Å². The van der Waals surface area contributed by atoms with Gasteiger partial charge in [0, 0.05) is 26.6 Å². The van der Waals surface area contributed by atoms with Crippen molar-refractivity contribution in [3.63, 3.8) is 0 Å². The highest BCUT2D eigenvalue weighted by Crippen LogP contribution is 2.28. The predicted molar refractivity (Wildman–Crippen MR) is 115 cm³/mol. The number of benzene rings is 1. The number of rotatable bonds is 3. The van der Waals surface area contributed by atoms with Gasteiger partial charge in [0.25, 0.3) is 0 Å². The van der Waals surface area contributed by atoms with E-state index in [2.05, 4.69) is 29.0 Å². The standard InChI is InChI=1S/C23H23N3O3/c1-25(2)22-10-6-9-17(15-23(24-22)26(27)28)7-4-5-8-18-13-19-11-12-21(29-3)16-20(19)14-18/h5-6,8-9,11-12,14-17H,10,13H2,1-3H3/b8-5+,9-6-,23-15+,24-22+. The maximum Gasteiger partial charge on any atom is 0.362 e.